The van der Waals surface area contributed by atoms with E-state index < -0.39 is 34.5 Å². The summed E-state index contributed by atoms with van der Waals surface area (Å²) < 4.78 is 0. The molecule has 0 bridgehead atoms. The summed E-state index contributed by atoms with van der Waals surface area (Å²) in [4.78, 5) is 7.89. The first-order valence-corrected chi connectivity index (χ1v) is 7.35. The number of rotatable bonds is 6. The zero-order valence-electron chi connectivity index (χ0n) is 13.5. The molecule has 2 aromatic rings. The lowest BCUT2D eigenvalue weighted by atomic mass is 10.2. The minimum atomic E-state index is -0.648. The van der Waals surface area contributed by atoms with Crippen molar-refractivity contribution in [2.24, 2.45) is 9.98 Å². The van der Waals surface area contributed by atoms with Gasteiger partial charge in [0.25, 0.3) is 0 Å². The van der Waals surface area contributed by atoms with E-state index in [0.29, 0.717) is 0 Å². The van der Waals surface area contributed by atoms with Gasteiger partial charge in [0.05, 0.1) is 18.8 Å². The molecule has 0 saturated heterocycles. The predicted molar refractivity (Wildman–Crippen MR) is 95.5 cm³/mol. The lowest BCUT2D eigenvalue weighted by molar-refractivity contribution is 0.367. The molecule has 0 saturated carbocycles. The number of nitrogens with one attached hydrogen (secondary N) is 1. The molecule has 2 rings (SSSR count). The van der Waals surface area contributed by atoms with Gasteiger partial charge in [0, 0.05) is 23.6 Å². The van der Waals surface area contributed by atoms with Crippen LogP contribution in [0.25, 0.3) is 0 Å². The number of benzene rings is 2. The molecule has 0 aliphatic heterocycles. The molecule has 0 amide bonds. The Morgan fingerprint density at radius 2 is 1.08 bits per heavy atom. The number of hydrogen-bond donors (Lipinski definition) is 7. The van der Waals surface area contributed by atoms with Crippen LogP contribution in [0.5, 0.6) is 34.5 Å². The SMILES string of the molecule is N=C(CN=Cc1ccc(O)c(O)c1O)CN=Cc1ccc(O)c(O)c1O. The van der Waals surface area contributed by atoms with Crippen molar-refractivity contribution in [1.82, 2.24) is 0 Å². The normalized spacial score (nSPS) is 11.4. The molecule has 136 valence electrons. The third kappa shape index (κ3) is 4.20. The zero-order valence-corrected chi connectivity index (χ0v) is 13.5. The Morgan fingerprint density at radius 1 is 0.692 bits per heavy atom. The highest BCUT2D eigenvalue weighted by Crippen LogP contribution is 2.36. The van der Waals surface area contributed by atoms with Gasteiger partial charge in [-0.05, 0) is 24.3 Å². The molecule has 9 nitrogen and oxygen atoms in total. The molecule has 2 aromatic carbocycles. The molecule has 0 aliphatic carbocycles. The average molecular weight is 359 g/mol. The summed E-state index contributed by atoms with van der Waals surface area (Å²) in [6.45, 7) is -0.0452. The number of aromatic hydroxyl groups is 6. The highest BCUT2D eigenvalue weighted by atomic mass is 16.3. The van der Waals surface area contributed by atoms with Crippen LogP contribution in [0.3, 0.4) is 0 Å². The summed E-state index contributed by atoms with van der Waals surface area (Å²) in [7, 11) is 0. The van der Waals surface area contributed by atoms with E-state index in [2.05, 4.69) is 9.98 Å². The molecule has 0 spiro atoms. The van der Waals surface area contributed by atoms with E-state index in [9.17, 15) is 30.6 Å². The van der Waals surface area contributed by atoms with Gasteiger partial charge < -0.3 is 36.0 Å². The van der Waals surface area contributed by atoms with E-state index in [4.69, 9.17) is 5.41 Å². The van der Waals surface area contributed by atoms with Crippen LogP contribution in [0, 0.1) is 5.41 Å². The lowest BCUT2D eigenvalue weighted by Gasteiger charge is -2.04. The Kier molecular flexibility index (Phi) is 5.63. The van der Waals surface area contributed by atoms with Gasteiger partial charge in [-0.25, -0.2) is 0 Å². The van der Waals surface area contributed by atoms with Crippen LogP contribution >= 0.6 is 0 Å². The first-order valence-electron chi connectivity index (χ1n) is 7.35. The van der Waals surface area contributed by atoms with Crippen LogP contribution in [-0.4, -0.2) is 61.9 Å². The molecule has 26 heavy (non-hydrogen) atoms. The maximum absolute atomic E-state index is 9.64. The largest absolute Gasteiger partial charge is 0.504 e. The van der Waals surface area contributed by atoms with Crippen LogP contribution < -0.4 is 0 Å². The average Bonchev–Trinajstić information content (AvgIpc) is 2.61. The van der Waals surface area contributed by atoms with Gasteiger partial charge in [-0.3, -0.25) is 9.98 Å². The minimum absolute atomic E-state index is 0.0226. The second-order valence-corrected chi connectivity index (χ2v) is 5.29. The molecule has 0 unspecified atom stereocenters. The monoisotopic (exact) mass is 359 g/mol. The van der Waals surface area contributed by atoms with Gasteiger partial charge in [-0.1, -0.05) is 0 Å². The van der Waals surface area contributed by atoms with Crippen molar-refractivity contribution in [3.63, 3.8) is 0 Å². The highest BCUT2D eigenvalue weighted by molar-refractivity contribution is 5.92. The van der Waals surface area contributed by atoms with Crippen LogP contribution in [-0.2, 0) is 0 Å². The third-order valence-electron chi connectivity index (χ3n) is 3.35. The zero-order chi connectivity index (χ0) is 19.3. The van der Waals surface area contributed by atoms with Crippen LogP contribution in [0.15, 0.2) is 34.3 Å². The molecule has 0 aliphatic rings. The maximum Gasteiger partial charge on any atom is 0.200 e. The van der Waals surface area contributed by atoms with Crippen molar-refractivity contribution in [2.45, 2.75) is 0 Å². The van der Waals surface area contributed by atoms with Crippen LogP contribution in [0.2, 0.25) is 0 Å². The predicted octanol–water partition coefficient (Wildman–Crippen LogP) is 1.48. The van der Waals surface area contributed by atoms with Gasteiger partial charge in [-0.15, -0.1) is 0 Å². The van der Waals surface area contributed by atoms with Crippen molar-refractivity contribution < 1.29 is 30.6 Å². The van der Waals surface area contributed by atoms with Crippen molar-refractivity contribution in [3.8, 4) is 34.5 Å². The Morgan fingerprint density at radius 3 is 1.46 bits per heavy atom. The second-order valence-electron chi connectivity index (χ2n) is 5.29. The molecule has 0 aromatic heterocycles. The molecular formula is C17H17N3O6. The Bertz CT molecular complexity index is 821. The standard InChI is InChI=1S/C17H17N3O6/c18-11(7-19-5-9-1-3-12(21)16(25)14(9)23)8-20-6-10-2-4-13(22)17(26)15(10)24/h1-6,18,21-26H,7-8H2. The maximum atomic E-state index is 9.64. The van der Waals surface area contributed by atoms with E-state index in [1.165, 1.54) is 36.7 Å². The first kappa shape index (κ1) is 18.6. The number of hydrogen-bond acceptors (Lipinski definition) is 9. The minimum Gasteiger partial charge on any atom is -0.504 e. The topological polar surface area (TPSA) is 170 Å². The summed E-state index contributed by atoms with van der Waals surface area (Å²) in [5, 5.41) is 64.3. The van der Waals surface area contributed by atoms with Gasteiger partial charge >= 0.3 is 0 Å². The Balaban J connectivity index is 1.94. The van der Waals surface area contributed by atoms with Crippen molar-refractivity contribution >= 4 is 18.1 Å². The third-order valence-corrected chi connectivity index (χ3v) is 3.35. The van der Waals surface area contributed by atoms with Gasteiger partial charge in [0.15, 0.2) is 23.0 Å². The number of phenols is 6. The summed E-state index contributed by atoms with van der Waals surface area (Å²) in [6.07, 6.45) is 2.49. The van der Waals surface area contributed by atoms with E-state index >= 15 is 0 Å². The number of nitrogens with zero attached hydrogens (tertiary/aromatic N) is 2. The summed E-state index contributed by atoms with van der Waals surface area (Å²) >= 11 is 0. The first-order chi connectivity index (χ1) is 12.3. The van der Waals surface area contributed by atoms with E-state index in [1.807, 2.05) is 0 Å². The molecular weight excluding hydrogens is 342 g/mol. The van der Waals surface area contributed by atoms with Gasteiger partial charge in [0.2, 0.25) is 11.5 Å². The lowest BCUT2D eigenvalue weighted by Crippen LogP contribution is -2.06. The fraction of sp³-hybridized carbons (Fsp3) is 0.118. The molecule has 0 heterocycles. The summed E-state index contributed by atoms with van der Waals surface area (Å²) in [5.41, 5.74) is 0.490. The van der Waals surface area contributed by atoms with E-state index in [1.54, 1.807) is 0 Å². The van der Waals surface area contributed by atoms with Crippen molar-refractivity contribution in [1.29, 1.82) is 5.41 Å². The van der Waals surface area contributed by atoms with E-state index in [-0.39, 0.29) is 29.9 Å². The molecule has 7 N–H and O–H groups in total. The van der Waals surface area contributed by atoms with Crippen molar-refractivity contribution in [2.75, 3.05) is 13.1 Å². The van der Waals surface area contributed by atoms with Gasteiger partial charge in [-0.2, -0.15) is 0 Å². The molecule has 9 heteroatoms. The smallest absolute Gasteiger partial charge is 0.200 e. The fourth-order valence-electron chi connectivity index (χ4n) is 1.94. The number of phenolic OH excluding ortho intramolecular Hbond substituents is 6. The molecule has 0 fully saturated rings. The van der Waals surface area contributed by atoms with Gasteiger partial charge in [0.1, 0.15) is 0 Å². The quantitative estimate of drug-likeness (QED) is 0.304. The Hall–Kier alpha value is -3.75. The number of aliphatic imine (C=N–C) groups is 2. The second kappa shape index (κ2) is 7.88. The molecule has 0 atom stereocenters. The fourth-order valence-corrected chi connectivity index (χ4v) is 1.94. The highest BCUT2D eigenvalue weighted by Gasteiger charge is 2.10. The Labute approximate surface area is 148 Å². The summed E-state index contributed by atoms with van der Waals surface area (Å²) in [5.74, 6) is -3.23. The molecule has 0 radical (unpaired) electrons. The van der Waals surface area contributed by atoms with Crippen molar-refractivity contribution in [3.05, 3.63) is 35.4 Å². The van der Waals surface area contributed by atoms with E-state index in [0.717, 1.165) is 0 Å². The van der Waals surface area contributed by atoms with Crippen LogP contribution in [0.1, 0.15) is 11.1 Å². The summed E-state index contributed by atoms with van der Waals surface area (Å²) in [6, 6.07) is 5.11. The van der Waals surface area contributed by atoms with Crippen LogP contribution in [0.4, 0.5) is 0 Å².